The fourth-order valence-electron chi connectivity index (χ4n) is 2.16. The Morgan fingerprint density at radius 1 is 1.15 bits per heavy atom. The van der Waals surface area contributed by atoms with Crippen LogP contribution in [-0.4, -0.2) is 14.5 Å². The molecule has 2 heterocycles. The van der Waals surface area contributed by atoms with Gasteiger partial charge in [0, 0.05) is 16.1 Å². The number of hydrogen-bond donors (Lipinski definition) is 0. The number of aromatic nitrogens is 3. The maximum absolute atomic E-state index is 6.22. The molecule has 2 aromatic heterocycles. The number of pyridine rings is 1. The molecule has 0 aliphatic heterocycles. The van der Waals surface area contributed by atoms with Crippen molar-refractivity contribution in [2.24, 2.45) is 0 Å². The van der Waals surface area contributed by atoms with Gasteiger partial charge in [-0.1, -0.05) is 34.8 Å². The number of fused-ring (bicyclic) bond motifs is 1. The fraction of sp³-hybridized carbons (Fsp3) is 0.143. The minimum Gasteiger partial charge on any atom is -0.324 e. The molecule has 102 valence electrons. The molecule has 3 rings (SSSR count). The molecular formula is C14H10Cl3N3. The first-order valence-electron chi connectivity index (χ1n) is 5.97. The average Bonchev–Trinajstić information content (AvgIpc) is 2.70. The van der Waals surface area contributed by atoms with Crippen molar-refractivity contribution in [1.82, 2.24) is 14.5 Å². The summed E-state index contributed by atoms with van der Waals surface area (Å²) in [5.74, 6) is 0.875. The van der Waals surface area contributed by atoms with Gasteiger partial charge >= 0.3 is 0 Å². The summed E-state index contributed by atoms with van der Waals surface area (Å²) < 4.78 is 2.04. The minimum atomic E-state index is 0.441. The predicted molar refractivity (Wildman–Crippen MR) is 82.8 cm³/mol. The van der Waals surface area contributed by atoms with E-state index < -0.39 is 0 Å². The summed E-state index contributed by atoms with van der Waals surface area (Å²) in [6, 6.07) is 7.22. The molecule has 3 nitrogen and oxygen atoms in total. The molecule has 0 radical (unpaired) electrons. The van der Waals surface area contributed by atoms with Crippen molar-refractivity contribution in [2.45, 2.75) is 13.5 Å². The van der Waals surface area contributed by atoms with Crippen LogP contribution in [0.4, 0.5) is 0 Å². The molecule has 0 aliphatic carbocycles. The molecule has 0 fully saturated rings. The lowest BCUT2D eigenvalue weighted by Crippen LogP contribution is -2.02. The first kappa shape index (κ1) is 13.7. The van der Waals surface area contributed by atoms with Gasteiger partial charge in [-0.05, 0) is 30.7 Å². The number of hydrogen-bond acceptors (Lipinski definition) is 2. The lowest BCUT2D eigenvalue weighted by atomic mass is 10.2. The monoisotopic (exact) mass is 325 g/mol. The topological polar surface area (TPSA) is 30.7 Å². The van der Waals surface area contributed by atoms with Gasteiger partial charge in [-0.15, -0.1) is 0 Å². The van der Waals surface area contributed by atoms with Gasteiger partial charge in [0.05, 0.1) is 18.3 Å². The molecule has 0 aliphatic rings. The van der Waals surface area contributed by atoms with E-state index in [9.17, 15) is 0 Å². The zero-order valence-electron chi connectivity index (χ0n) is 10.6. The Balaban J connectivity index is 2.12. The van der Waals surface area contributed by atoms with Crippen LogP contribution in [0.2, 0.25) is 15.2 Å². The van der Waals surface area contributed by atoms with Gasteiger partial charge in [-0.2, -0.15) is 0 Å². The van der Waals surface area contributed by atoms with Crippen molar-refractivity contribution in [1.29, 1.82) is 0 Å². The largest absolute Gasteiger partial charge is 0.324 e. The lowest BCUT2D eigenvalue weighted by molar-refractivity contribution is 0.786. The number of nitrogens with zero attached hydrogens (tertiary/aromatic N) is 3. The summed E-state index contributed by atoms with van der Waals surface area (Å²) in [6.45, 7) is 2.52. The van der Waals surface area contributed by atoms with E-state index in [1.54, 1.807) is 24.4 Å². The molecule has 0 bridgehead atoms. The highest BCUT2D eigenvalue weighted by Crippen LogP contribution is 2.25. The van der Waals surface area contributed by atoms with E-state index in [0.29, 0.717) is 21.7 Å². The van der Waals surface area contributed by atoms with Crippen LogP contribution >= 0.6 is 34.8 Å². The summed E-state index contributed by atoms with van der Waals surface area (Å²) in [4.78, 5) is 8.51. The van der Waals surface area contributed by atoms with Gasteiger partial charge in [0.1, 0.15) is 16.5 Å². The van der Waals surface area contributed by atoms with Crippen molar-refractivity contribution in [3.8, 4) is 0 Å². The molecule has 0 amide bonds. The molecule has 0 unspecified atom stereocenters. The van der Waals surface area contributed by atoms with E-state index in [-0.39, 0.29) is 0 Å². The Morgan fingerprint density at radius 3 is 2.75 bits per heavy atom. The van der Waals surface area contributed by atoms with Gasteiger partial charge < -0.3 is 4.57 Å². The number of rotatable bonds is 2. The zero-order chi connectivity index (χ0) is 14.3. The van der Waals surface area contributed by atoms with E-state index in [4.69, 9.17) is 34.8 Å². The molecule has 3 aromatic rings. The van der Waals surface area contributed by atoms with E-state index in [1.165, 1.54) is 0 Å². The van der Waals surface area contributed by atoms with Crippen LogP contribution in [0, 0.1) is 6.92 Å². The van der Waals surface area contributed by atoms with E-state index in [1.807, 2.05) is 17.6 Å². The molecule has 20 heavy (non-hydrogen) atoms. The summed E-state index contributed by atoms with van der Waals surface area (Å²) in [5, 5.41) is 1.78. The lowest BCUT2D eigenvalue weighted by Gasteiger charge is -2.09. The van der Waals surface area contributed by atoms with Crippen molar-refractivity contribution >= 4 is 45.8 Å². The summed E-state index contributed by atoms with van der Waals surface area (Å²) in [7, 11) is 0. The van der Waals surface area contributed by atoms with Crippen LogP contribution < -0.4 is 0 Å². The third-order valence-electron chi connectivity index (χ3n) is 3.13. The number of aryl methyl sites for hydroxylation is 1. The van der Waals surface area contributed by atoms with Crippen LogP contribution in [0.25, 0.3) is 11.0 Å². The van der Waals surface area contributed by atoms with Crippen molar-refractivity contribution < 1.29 is 0 Å². The second kappa shape index (κ2) is 5.24. The van der Waals surface area contributed by atoms with E-state index >= 15 is 0 Å². The molecule has 1 aromatic carbocycles. The van der Waals surface area contributed by atoms with E-state index in [2.05, 4.69) is 9.97 Å². The second-order valence-corrected chi connectivity index (χ2v) is 5.71. The Hall–Kier alpha value is -1.29. The highest BCUT2D eigenvalue weighted by molar-refractivity contribution is 6.33. The van der Waals surface area contributed by atoms with Crippen LogP contribution in [0.15, 0.2) is 30.5 Å². The van der Waals surface area contributed by atoms with Gasteiger partial charge in [0.25, 0.3) is 0 Å². The van der Waals surface area contributed by atoms with Crippen LogP contribution in [0.5, 0.6) is 0 Å². The van der Waals surface area contributed by atoms with Crippen LogP contribution in [0.1, 0.15) is 11.4 Å². The van der Waals surface area contributed by atoms with Gasteiger partial charge in [-0.25, -0.2) is 9.97 Å². The van der Waals surface area contributed by atoms with Crippen molar-refractivity contribution in [2.75, 3.05) is 0 Å². The SMILES string of the molecule is Cc1nc2cnc(Cl)cc2n1Cc1cc(Cl)ccc1Cl. The standard InChI is InChI=1S/C14H10Cl3N3/c1-8-19-12-6-18-14(17)5-13(12)20(8)7-9-4-10(15)2-3-11(9)16/h2-6H,7H2,1H3. The van der Waals surface area contributed by atoms with Crippen molar-refractivity contribution in [3.05, 3.63) is 57.0 Å². The van der Waals surface area contributed by atoms with Gasteiger partial charge in [0.2, 0.25) is 0 Å². The summed E-state index contributed by atoms with van der Waals surface area (Å²) >= 11 is 18.2. The van der Waals surface area contributed by atoms with Crippen molar-refractivity contribution in [3.63, 3.8) is 0 Å². The van der Waals surface area contributed by atoms with Gasteiger partial charge in [-0.3, -0.25) is 0 Å². The Bertz CT molecular complexity index is 796. The smallest absolute Gasteiger partial charge is 0.131 e. The Labute approximate surface area is 131 Å². The molecule has 0 saturated carbocycles. The molecule has 6 heteroatoms. The summed E-state index contributed by atoms with van der Waals surface area (Å²) in [6.07, 6.45) is 1.67. The zero-order valence-corrected chi connectivity index (χ0v) is 12.8. The van der Waals surface area contributed by atoms with Crippen LogP contribution in [0.3, 0.4) is 0 Å². The first-order chi connectivity index (χ1) is 9.54. The maximum atomic E-state index is 6.22. The summed E-state index contributed by atoms with van der Waals surface area (Å²) in [5.41, 5.74) is 2.68. The Kier molecular flexibility index (Phi) is 3.59. The second-order valence-electron chi connectivity index (χ2n) is 4.48. The predicted octanol–water partition coefficient (Wildman–Crippen LogP) is 4.75. The molecule has 0 saturated heterocycles. The maximum Gasteiger partial charge on any atom is 0.131 e. The highest BCUT2D eigenvalue weighted by atomic mass is 35.5. The fourth-order valence-corrected chi connectivity index (χ4v) is 2.68. The molecule has 0 atom stereocenters. The van der Waals surface area contributed by atoms with Gasteiger partial charge in [0.15, 0.2) is 0 Å². The number of halogens is 3. The highest BCUT2D eigenvalue weighted by Gasteiger charge is 2.11. The number of imidazole rings is 1. The number of benzene rings is 1. The molecule has 0 N–H and O–H groups in total. The quantitative estimate of drug-likeness (QED) is 0.636. The van der Waals surface area contributed by atoms with E-state index in [0.717, 1.165) is 22.4 Å². The first-order valence-corrected chi connectivity index (χ1v) is 7.10. The Morgan fingerprint density at radius 2 is 1.95 bits per heavy atom. The average molecular weight is 327 g/mol. The van der Waals surface area contributed by atoms with Crippen LogP contribution in [-0.2, 0) is 6.54 Å². The third-order valence-corrected chi connectivity index (χ3v) is 3.94. The molecular weight excluding hydrogens is 317 g/mol. The normalized spacial score (nSPS) is 11.2. The minimum absolute atomic E-state index is 0.441. The third kappa shape index (κ3) is 2.49. The molecule has 0 spiro atoms.